The van der Waals surface area contributed by atoms with Crippen molar-refractivity contribution < 1.29 is 28.6 Å². The number of rotatable bonds is 53. The Kier molecular flexibility index (Phi) is 53.8. The van der Waals surface area contributed by atoms with Gasteiger partial charge in [-0.05, 0) is 57.8 Å². The van der Waals surface area contributed by atoms with E-state index in [1.54, 1.807) is 0 Å². The SMILES string of the molecule is CC/C=C\C/C=C\C/C=C\C/C=C\CCCCCCCCC(=O)OCC(COC(=O)CCCCCCCCCCCCCCCCC)OC(=O)CCCCCCCCCCCCCCCCC. The van der Waals surface area contributed by atoms with Gasteiger partial charge in [-0.15, -0.1) is 0 Å². The Hall–Kier alpha value is -2.63. The number of carbonyl (C=O) groups excluding carboxylic acids is 3. The predicted octanol–water partition coefficient (Wildman–Crippen LogP) is 19.4. The van der Waals surface area contributed by atoms with Crippen LogP contribution in [0.3, 0.4) is 0 Å². The third-order valence-electron chi connectivity index (χ3n) is 12.8. The largest absolute Gasteiger partial charge is 0.462 e. The smallest absolute Gasteiger partial charge is 0.306 e. The molecule has 0 amide bonds. The number of hydrogen-bond acceptors (Lipinski definition) is 6. The summed E-state index contributed by atoms with van der Waals surface area (Å²) >= 11 is 0. The Morgan fingerprint density at radius 1 is 0.313 bits per heavy atom. The summed E-state index contributed by atoms with van der Waals surface area (Å²) in [6.07, 6.45) is 68.1. The summed E-state index contributed by atoms with van der Waals surface area (Å²) in [5.74, 6) is -0.869. The molecule has 390 valence electrons. The zero-order valence-corrected chi connectivity index (χ0v) is 44.7. The second-order valence-corrected chi connectivity index (χ2v) is 19.5. The summed E-state index contributed by atoms with van der Waals surface area (Å²) in [5, 5.41) is 0. The maximum atomic E-state index is 12.9. The van der Waals surface area contributed by atoms with E-state index < -0.39 is 6.10 Å². The van der Waals surface area contributed by atoms with Crippen LogP contribution in [0.4, 0.5) is 0 Å². The predicted molar refractivity (Wildman–Crippen MR) is 289 cm³/mol. The lowest BCUT2D eigenvalue weighted by molar-refractivity contribution is -0.167. The van der Waals surface area contributed by atoms with Crippen LogP contribution in [0.5, 0.6) is 0 Å². The second-order valence-electron chi connectivity index (χ2n) is 19.5. The molecule has 0 N–H and O–H groups in total. The quantitative estimate of drug-likeness (QED) is 0.0262. The Bertz CT molecular complexity index is 1170. The standard InChI is InChI=1S/C61H110O6/c1-4-7-10-13-16-19-22-25-28-29-30-31-34-36-39-42-45-48-51-54-60(63)66-57-58(67-61(64)55-52-49-46-43-40-37-33-27-24-21-18-15-12-9-6-3)56-65-59(62)53-50-47-44-41-38-35-32-26-23-20-17-14-11-8-5-2/h7,10,16,19,25,28,30-31,58H,4-6,8-9,11-15,17-18,20-24,26-27,29,32-57H2,1-3H3/b10-7-,19-16-,28-25-,31-30-. The molecule has 0 radical (unpaired) electrons. The number of hydrogen-bond donors (Lipinski definition) is 0. The van der Waals surface area contributed by atoms with Crippen LogP contribution in [0.1, 0.15) is 303 Å². The summed E-state index contributed by atoms with van der Waals surface area (Å²) in [7, 11) is 0. The molecule has 0 saturated carbocycles. The summed E-state index contributed by atoms with van der Waals surface area (Å²) in [6, 6.07) is 0. The van der Waals surface area contributed by atoms with Gasteiger partial charge in [0.05, 0.1) is 0 Å². The van der Waals surface area contributed by atoms with Gasteiger partial charge in [0, 0.05) is 19.3 Å². The molecule has 67 heavy (non-hydrogen) atoms. The van der Waals surface area contributed by atoms with E-state index in [4.69, 9.17) is 14.2 Å². The molecule has 0 aliphatic heterocycles. The molecule has 0 rings (SSSR count). The van der Waals surface area contributed by atoms with Gasteiger partial charge in [0.25, 0.3) is 0 Å². The highest BCUT2D eigenvalue weighted by molar-refractivity contribution is 5.71. The van der Waals surface area contributed by atoms with E-state index in [9.17, 15) is 14.4 Å². The fourth-order valence-electron chi connectivity index (χ4n) is 8.49. The molecule has 0 aliphatic rings. The van der Waals surface area contributed by atoms with Crippen LogP contribution in [-0.4, -0.2) is 37.2 Å². The van der Waals surface area contributed by atoms with Gasteiger partial charge in [0.2, 0.25) is 0 Å². The molecule has 0 aromatic rings. The molecule has 0 fully saturated rings. The minimum Gasteiger partial charge on any atom is -0.462 e. The van der Waals surface area contributed by atoms with E-state index in [1.807, 2.05) is 0 Å². The zero-order valence-electron chi connectivity index (χ0n) is 44.7. The van der Waals surface area contributed by atoms with Gasteiger partial charge in [0.15, 0.2) is 6.10 Å². The average Bonchev–Trinajstić information content (AvgIpc) is 3.33. The number of ether oxygens (including phenoxy) is 3. The molecular formula is C61H110O6. The fraction of sp³-hybridized carbons (Fsp3) is 0.820. The summed E-state index contributed by atoms with van der Waals surface area (Å²) in [4.78, 5) is 38.2. The number of carbonyl (C=O) groups is 3. The topological polar surface area (TPSA) is 78.9 Å². The van der Waals surface area contributed by atoms with Gasteiger partial charge in [0.1, 0.15) is 13.2 Å². The van der Waals surface area contributed by atoms with E-state index >= 15 is 0 Å². The maximum absolute atomic E-state index is 12.9. The first-order valence-corrected chi connectivity index (χ1v) is 29.1. The highest BCUT2D eigenvalue weighted by atomic mass is 16.6. The Morgan fingerprint density at radius 2 is 0.582 bits per heavy atom. The molecule has 0 aliphatic carbocycles. The molecule has 0 aromatic carbocycles. The third kappa shape index (κ3) is 54.2. The summed E-state index contributed by atoms with van der Waals surface area (Å²) in [5.41, 5.74) is 0. The fourth-order valence-corrected chi connectivity index (χ4v) is 8.49. The van der Waals surface area contributed by atoms with Gasteiger partial charge in [-0.3, -0.25) is 14.4 Å². The number of esters is 3. The second kappa shape index (κ2) is 56.0. The molecule has 0 spiro atoms. The molecule has 0 aromatic heterocycles. The summed E-state index contributed by atoms with van der Waals surface area (Å²) < 4.78 is 16.9. The first kappa shape index (κ1) is 64.4. The molecule has 6 heteroatoms. The molecule has 1 unspecified atom stereocenters. The highest BCUT2D eigenvalue weighted by Gasteiger charge is 2.19. The average molecular weight is 940 g/mol. The van der Waals surface area contributed by atoms with Gasteiger partial charge in [-0.25, -0.2) is 0 Å². The van der Waals surface area contributed by atoms with Gasteiger partial charge < -0.3 is 14.2 Å². The van der Waals surface area contributed by atoms with E-state index in [0.29, 0.717) is 19.3 Å². The van der Waals surface area contributed by atoms with Crippen LogP contribution in [0.2, 0.25) is 0 Å². The monoisotopic (exact) mass is 939 g/mol. The number of allylic oxidation sites excluding steroid dienone is 8. The molecule has 6 nitrogen and oxygen atoms in total. The van der Waals surface area contributed by atoms with E-state index in [0.717, 1.165) is 89.9 Å². The van der Waals surface area contributed by atoms with Crippen molar-refractivity contribution in [2.24, 2.45) is 0 Å². The van der Waals surface area contributed by atoms with Crippen molar-refractivity contribution in [1.29, 1.82) is 0 Å². The van der Waals surface area contributed by atoms with Crippen molar-refractivity contribution in [3.63, 3.8) is 0 Å². The van der Waals surface area contributed by atoms with Crippen LogP contribution in [0.15, 0.2) is 48.6 Å². The van der Waals surface area contributed by atoms with Crippen LogP contribution in [-0.2, 0) is 28.6 Å². The maximum Gasteiger partial charge on any atom is 0.306 e. The molecule has 0 heterocycles. The van der Waals surface area contributed by atoms with Crippen molar-refractivity contribution in [2.75, 3.05) is 13.2 Å². The van der Waals surface area contributed by atoms with Crippen molar-refractivity contribution in [2.45, 2.75) is 309 Å². The van der Waals surface area contributed by atoms with E-state index in [1.165, 1.54) is 173 Å². The molecule has 1 atom stereocenters. The van der Waals surface area contributed by atoms with E-state index in [-0.39, 0.29) is 31.1 Å². The molecule has 0 bridgehead atoms. The third-order valence-corrected chi connectivity index (χ3v) is 12.8. The van der Waals surface area contributed by atoms with Crippen molar-refractivity contribution in [3.05, 3.63) is 48.6 Å². The van der Waals surface area contributed by atoms with Crippen molar-refractivity contribution in [1.82, 2.24) is 0 Å². The van der Waals surface area contributed by atoms with Crippen LogP contribution >= 0.6 is 0 Å². The Morgan fingerprint density at radius 3 is 0.910 bits per heavy atom. The van der Waals surface area contributed by atoms with Gasteiger partial charge in [-0.2, -0.15) is 0 Å². The lowest BCUT2D eigenvalue weighted by atomic mass is 10.0. The molecule has 0 saturated heterocycles. The minimum atomic E-state index is -0.775. The number of unbranched alkanes of at least 4 members (excludes halogenated alkanes) is 34. The lowest BCUT2D eigenvalue weighted by Gasteiger charge is -2.18. The first-order valence-electron chi connectivity index (χ1n) is 29.1. The minimum absolute atomic E-state index is 0.0731. The van der Waals surface area contributed by atoms with Crippen LogP contribution in [0, 0.1) is 0 Å². The highest BCUT2D eigenvalue weighted by Crippen LogP contribution is 2.17. The van der Waals surface area contributed by atoms with Crippen LogP contribution in [0.25, 0.3) is 0 Å². The molecular weight excluding hydrogens is 829 g/mol. The van der Waals surface area contributed by atoms with Crippen molar-refractivity contribution >= 4 is 17.9 Å². The normalized spacial score (nSPS) is 12.3. The van der Waals surface area contributed by atoms with Crippen molar-refractivity contribution in [3.8, 4) is 0 Å². The van der Waals surface area contributed by atoms with Crippen LogP contribution < -0.4 is 0 Å². The van der Waals surface area contributed by atoms with Gasteiger partial charge in [-0.1, -0.05) is 275 Å². The zero-order chi connectivity index (χ0) is 48.6. The summed E-state index contributed by atoms with van der Waals surface area (Å²) in [6.45, 7) is 6.56. The first-order chi connectivity index (χ1) is 33.0. The van der Waals surface area contributed by atoms with Gasteiger partial charge >= 0.3 is 17.9 Å². The Labute approximate surface area is 416 Å². The lowest BCUT2D eigenvalue weighted by Crippen LogP contribution is -2.30. The van der Waals surface area contributed by atoms with E-state index in [2.05, 4.69) is 69.4 Å². The Balaban J connectivity index is 4.36.